The summed E-state index contributed by atoms with van der Waals surface area (Å²) < 4.78 is 2.97. The second-order valence-electron chi connectivity index (χ2n) is 3.87. The summed E-state index contributed by atoms with van der Waals surface area (Å²) in [6.45, 7) is 6.02. The number of aromatic nitrogens is 4. The fourth-order valence-corrected chi connectivity index (χ4v) is 1.94. The summed E-state index contributed by atoms with van der Waals surface area (Å²) in [6.07, 6.45) is 1.59. The Labute approximate surface area is 93.7 Å². The van der Waals surface area contributed by atoms with E-state index < -0.39 is 0 Å². The molecule has 2 aromatic heterocycles. The van der Waals surface area contributed by atoms with Crippen LogP contribution >= 0.6 is 0 Å². The fourth-order valence-electron chi connectivity index (χ4n) is 1.94. The molecule has 0 unspecified atom stereocenters. The first kappa shape index (κ1) is 10.9. The van der Waals surface area contributed by atoms with Crippen molar-refractivity contribution < 1.29 is 0 Å². The third kappa shape index (κ3) is 1.35. The smallest absolute Gasteiger partial charge is 0.246 e. The van der Waals surface area contributed by atoms with Crippen molar-refractivity contribution in [3.8, 4) is 0 Å². The van der Waals surface area contributed by atoms with Crippen molar-refractivity contribution in [2.24, 2.45) is 7.05 Å². The van der Waals surface area contributed by atoms with Crippen molar-refractivity contribution in [3.05, 3.63) is 27.6 Å². The summed E-state index contributed by atoms with van der Waals surface area (Å²) in [6, 6.07) is 0. The lowest BCUT2D eigenvalue weighted by Gasteiger charge is -2.07. The topological polar surface area (TPSA) is 52.2 Å². The molecule has 0 spiro atoms. The Morgan fingerprint density at radius 3 is 2.50 bits per heavy atom. The molecule has 0 amide bonds. The Morgan fingerprint density at radius 2 is 1.94 bits per heavy atom. The standard InChI is InChI=1S/C11H16N4O/c1-5-8-7(3)10-13-14(4)11(16)15(10)9(6-2)12-8/h5-6H2,1-4H3. The molecule has 2 rings (SSSR count). The first-order valence-electron chi connectivity index (χ1n) is 5.54. The van der Waals surface area contributed by atoms with Crippen molar-refractivity contribution in [2.75, 3.05) is 0 Å². The zero-order valence-electron chi connectivity index (χ0n) is 10.1. The second kappa shape index (κ2) is 3.73. The first-order valence-corrected chi connectivity index (χ1v) is 5.54. The average Bonchev–Trinajstić information content (AvgIpc) is 2.58. The van der Waals surface area contributed by atoms with E-state index in [1.165, 1.54) is 4.68 Å². The molecule has 0 saturated heterocycles. The lowest BCUT2D eigenvalue weighted by molar-refractivity contribution is 0.723. The zero-order valence-corrected chi connectivity index (χ0v) is 10.1. The van der Waals surface area contributed by atoms with Gasteiger partial charge in [-0.05, 0) is 13.3 Å². The summed E-state index contributed by atoms with van der Waals surface area (Å²) in [5.74, 6) is 0.788. The first-order chi connectivity index (χ1) is 7.60. The van der Waals surface area contributed by atoms with E-state index >= 15 is 0 Å². The molecule has 5 nitrogen and oxygen atoms in total. The highest BCUT2D eigenvalue weighted by atomic mass is 16.2. The van der Waals surface area contributed by atoms with Crippen LogP contribution in [0.4, 0.5) is 0 Å². The molecule has 5 heteroatoms. The molecule has 86 valence electrons. The second-order valence-corrected chi connectivity index (χ2v) is 3.87. The fraction of sp³-hybridized carbons (Fsp3) is 0.545. The van der Waals surface area contributed by atoms with Crippen molar-refractivity contribution in [1.82, 2.24) is 19.2 Å². The molecule has 0 aliphatic carbocycles. The van der Waals surface area contributed by atoms with Crippen LogP contribution in [0.5, 0.6) is 0 Å². The minimum atomic E-state index is -0.120. The molecule has 2 heterocycles. The van der Waals surface area contributed by atoms with E-state index in [0.717, 1.165) is 35.6 Å². The highest BCUT2D eigenvalue weighted by Gasteiger charge is 2.14. The maximum absolute atomic E-state index is 11.9. The quantitative estimate of drug-likeness (QED) is 0.754. The van der Waals surface area contributed by atoms with Crippen LogP contribution < -0.4 is 5.69 Å². The number of aryl methyl sites for hydroxylation is 4. The summed E-state index contributed by atoms with van der Waals surface area (Å²) >= 11 is 0. The van der Waals surface area contributed by atoms with Crippen LogP contribution in [0.25, 0.3) is 5.65 Å². The Hall–Kier alpha value is -1.65. The van der Waals surface area contributed by atoms with E-state index in [1.54, 1.807) is 11.4 Å². The summed E-state index contributed by atoms with van der Waals surface area (Å²) in [4.78, 5) is 16.4. The molecule has 0 bridgehead atoms. The lowest BCUT2D eigenvalue weighted by Crippen LogP contribution is -2.21. The maximum atomic E-state index is 11.9. The summed E-state index contributed by atoms with van der Waals surface area (Å²) in [5, 5.41) is 4.26. The van der Waals surface area contributed by atoms with Crippen LogP contribution in [0.3, 0.4) is 0 Å². The van der Waals surface area contributed by atoms with Crippen molar-refractivity contribution in [3.63, 3.8) is 0 Å². The van der Waals surface area contributed by atoms with Gasteiger partial charge in [-0.1, -0.05) is 13.8 Å². The summed E-state index contributed by atoms with van der Waals surface area (Å²) in [5.41, 5.74) is 2.63. The number of fused-ring (bicyclic) bond motifs is 1. The number of hydrogen-bond acceptors (Lipinski definition) is 3. The van der Waals surface area contributed by atoms with E-state index in [0.29, 0.717) is 0 Å². The highest BCUT2D eigenvalue weighted by Crippen LogP contribution is 2.12. The Balaban J connectivity index is 2.97. The van der Waals surface area contributed by atoms with E-state index in [-0.39, 0.29) is 5.69 Å². The molecule has 0 aromatic carbocycles. The number of nitrogens with zero attached hydrogens (tertiary/aromatic N) is 4. The van der Waals surface area contributed by atoms with E-state index in [1.807, 2.05) is 13.8 Å². The number of hydrogen-bond donors (Lipinski definition) is 0. The molecule has 0 fully saturated rings. The average molecular weight is 220 g/mol. The van der Waals surface area contributed by atoms with Crippen LogP contribution in [0, 0.1) is 6.92 Å². The van der Waals surface area contributed by atoms with Crippen molar-refractivity contribution >= 4 is 5.65 Å². The molecule has 0 radical (unpaired) electrons. The SMILES string of the molecule is CCc1nc(CC)n2c(=O)n(C)nc2c1C. The highest BCUT2D eigenvalue weighted by molar-refractivity contribution is 5.48. The lowest BCUT2D eigenvalue weighted by atomic mass is 10.2. The van der Waals surface area contributed by atoms with Gasteiger partial charge in [-0.25, -0.2) is 18.9 Å². The van der Waals surface area contributed by atoms with Gasteiger partial charge in [0.25, 0.3) is 0 Å². The Bertz CT molecular complexity index is 594. The van der Waals surface area contributed by atoms with Crippen LogP contribution in [0.15, 0.2) is 4.79 Å². The van der Waals surface area contributed by atoms with Gasteiger partial charge in [0.2, 0.25) is 0 Å². The van der Waals surface area contributed by atoms with Gasteiger partial charge in [0, 0.05) is 24.7 Å². The van der Waals surface area contributed by atoms with Gasteiger partial charge >= 0.3 is 5.69 Å². The maximum Gasteiger partial charge on any atom is 0.351 e. The van der Waals surface area contributed by atoms with Gasteiger partial charge in [0.1, 0.15) is 5.82 Å². The Morgan fingerprint density at radius 1 is 1.25 bits per heavy atom. The van der Waals surface area contributed by atoms with Gasteiger partial charge < -0.3 is 0 Å². The molecule has 2 aromatic rings. The van der Waals surface area contributed by atoms with Crippen molar-refractivity contribution in [1.29, 1.82) is 0 Å². The van der Waals surface area contributed by atoms with E-state index in [9.17, 15) is 4.79 Å². The van der Waals surface area contributed by atoms with E-state index in [4.69, 9.17) is 0 Å². The van der Waals surface area contributed by atoms with Crippen LogP contribution in [-0.4, -0.2) is 19.2 Å². The van der Waals surface area contributed by atoms with Gasteiger partial charge in [-0.3, -0.25) is 0 Å². The third-order valence-electron chi connectivity index (χ3n) is 2.87. The zero-order chi connectivity index (χ0) is 11.9. The normalized spacial score (nSPS) is 11.2. The molecule has 0 atom stereocenters. The third-order valence-corrected chi connectivity index (χ3v) is 2.87. The van der Waals surface area contributed by atoms with Gasteiger partial charge in [0.15, 0.2) is 5.65 Å². The number of rotatable bonds is 2. The molecule has 0 aliphatic heterocycles. The van der Waals surface area contributed by atoms with E-state index in [2.05, 4.69) is 17.0 Å². The predicted octanol–water partition coefficient (Wildman–Crippen LogP) is 0.861. The minimum absolute atomic E-state index is 0.120. The predicted molar refractivity (Wildman–Crippen MR) is 61.7 cm³/mol. The monoisotopic (exact) mass is 220 g/mol. The molecule has 0 N–H and O–H groups in total. The Kier molecular flexibility index (Phi) is 2.53. The van der Waals surface area contributed by atoms with Gasteiger partial charge in [-0.15, -0.1) is 5.10 Å². The molecule has 0 aliphatic rings. The van der Waals surface area contributed by atoms with Crippen LogP contribution in [0.2, 0.25) is 0 Å². The van der Waals surface area contributed by atoms with Gasteiger partial charge in [0.05, 0.1) is 0 Å². The van der Waals surface area contributed by atoms with Crippen molar-refractivity contribution in [2.45, 2.75) is 33.6 Å². The molecule has 0 saturated carbocycles. The molecular weight excluding hydrogens is 204 g/mol. The molecule has 16 heavy (non-hydrogen) atoms. The molecular formula is C11H16N4O. The minimum Gasteiger partial charge on any atom is -0.246 e. The summed E-state index contributed by atoms with van der Waals surface area (Å²) in [7, 11) is 1.67. The van der Waals surface area contributed by atoms with Crippen LogP contribution in [-0.2, 0) is 19.9 Å². The largest absolute Gasteiger partial charge is 0.351 e. The van der Waals surface area contributed by atoms with Crippen LogP contribution in [0.1, 0.15) is 30.9 Å². The van der Waals surface area contributed by atoms with Gasteiger partial charge in [-0.2, -0.15) is 0 Å².